The fourth-order valence-corrected chi connectivity index (χ4v) is 8.81. The lowest BCUT2D eigenvalue weighted by Crippen LogP contribution is -2.29. The molecule has 1 atom stereocenters. The molecule has 18 heteroatoms. The van der Waals surface area contributed by atoms with Crippen LogP contribution in [0.1, 0.15) is 33.7 Å². The minimum atomic E-state index is -0.267. The van der Waals surface area contributed by atoms with E-state index in [-0.39, 0.29) is 17.7 Å². The van der Waals surface area contributed by atoms with Crippen LogP contribution in [-0.4, -0.2) is 124 Å². The van der Waals surface area contributed by atoms with Crippen LogP contribution >= 0.6 is 0 Å². The Morgan fingerprint density at radius 2 is 1.53 bits per heavy atom. The number of carbonyl (C=O) groups is 3. The molecule has 1 aliphatic rings. The third-order valence-corrected chi connectivity index (χ3v) is 12.1. The summed E-state index contributed by atoms with van der Waals surface area (Å²) in [5.74, 6) is -0.413. The van der Waals surface area contributed by atoms with Crippen molar-refractivity contribution >= 4 is 62.6 Å². The summed E-state index contributed by atoms with van der Waals surface area (Å²) in [6.07, 6.45) is 18.7. The van der Waals surface area contributed by atoms with Crippen LogP contribution in [0.15, 0.2) is 122 Å². The third-order valence-electron chi connectivity index (χ3n) is 12.1. The van der Waals surface area contributed by atoms with E-state index in [1.54, 1.807) is 76.5 Å². The SMILES string of the molecule is CN(C)C/C=C/C(=O)Nc1cccc(C(=O)NCCc2cc3c(-c4cnn5ncccc45)c(/C=C/C(=O)NCC4CCN(Cc5cc6c(-c7cnn8ncccc78)ccnc6[nH]5)C4)cnc3[nH]2)c1. The van der Waals surface area contributed by atoms with Gasteiger partial charge in [0.15, 0.2) is 0 Å². The molecule has 0 radical (unpaired) electrons. The maximum absolute atomic E-state index is 13.4. The van der Waals surface area contributed by atoms with Gasteiger partial charge in [-0.3, -0.25) is 19.3 Å². The van der Waals surface area contributed by atoms with Crippen LogP contribution in [0.3, 0.4) is 0 Å². The molecule has 9 aromatic rings. The Balaban J connectivity index is 0.780. The van der Waals surface area contributed by atoms with Crippen LogP contribution < -0.4 is 16.0 Å². The minimum Gasteiger partial charge on any atom is -0.352 e. The number of carbonyl (C=O) groups excluding carboxylic acids is 3. The maximum atomic E-state index is 13.4. The Bertz CT molecular complexity index is 3380. The summed E-state index contributed by atoms with van der Waals surface area (Å²) in [5.41, 5.74) is 10.6. The molecule has 3 amide bonds. The van der Waals surface area contributed by atoms with Crippen molar-refractivity contribution in [3.63, 3.8) is 0 Å². The number of H-pyrrole nitrogens is 2. The summed E-state index contributed by atoms with van der Waals surface area (Å²) in [5, 5.41) is 28.5. The largest absolute Gasteiger partial charge is 0.352 e. The van der Waals surface area contributed by atoms with Gasteiger partial charge in [0, 0.05) is 132 Å². The zero-order chi connectivity index (χ0) is 46.6. The van der Waals surface area contributed by atoms with Crippen LogP contribution in [0.25, 0.3) is 61.4 Å². The number of aromatic nitrogens is 10. The number of likely N-dealkylation sites (tertiary alicyclic amines) is 1. The monoisotopic (exact) mass is 907 g/mol. The summed E-state index contributed by atoms with van der Waals surface area (Å²) >= 11 is 0. The standard InChI is InChI=1S/C50H49N15O3/c1-62(2)21-6-11-46(67)59-35-8-3-7-33(23-35)50(68)52-19-14-36-24-40-47(42-29-58-65-44(42)10-5-18-56-65)34(27-54-49(40)60-36)12-13-45(66)53-26-32-16-22-63(30-32)31-37-25-39-38(15-20-51-48(39)61-37)41-28-57-64-43(41)9-4-17-55-64/h3-13,15,17-18,20,23-25,27-29,32H,14,16,19,21-22,26,30-31H2,1-2H3,(H,51,61)(H,52,68)(H,53,66)(H,54,60)(H,59,67)/b11-6+,13-12+. The number of nitrogens with one attached hydrogen (secondary N) is 5. The molecule has 0 aliphatic carbocycles. The van der Waals surface area contributed by atoms with E-state index in [1.165, 1.54) is 6.08 Å². The Kier molecular flexibility index (Phi) is 12.3. The Morgan fingerprint density at radius 1 is 0.765 bits per heavy atom. The van der Waals surface area contributed by atoms with Gasteiger partial charge in [0.05, 0.1) is 23.4 Å². The molecule has 1 saturated heterocycles. The van der Waals surface area contributed by atoms with Crippen LogP contribution in [-0.2, 0) is 22.6 Å². The lowest BCUT2D eigenvalue weighted by molar-refractivity contribution is -0.116. The second-order valence-electron chi connectivity index (χ2n) is 17.2. The first-order valence-corrected chi connectivity index (χ1v) is 22.5. The topological polar surface area (TPSA) is 212 Å². The van der Waals surface area contributed by atoms with Crippen molar-refractivity contribution in [1.29, 1.82) is 0 Å². The number of fused-ring (bicyclic) bond motifs is 4. The molecule has 68 heavy (non-hydrogen) atoms. The fourth-order valence-electron chi connectivity index (χ4n) is 8.81. The summed E-state index contributed by atoms with van der Waals surface area (Å²) in [7, 11) is 3.85. The van der Waals surface area contributed by atoms with Crippen LogP contribution in [0.5, 0.6) is 0 Å². The molecule has 1 aromatic carbocycles. The quantitative estimate of drug-likeness (QED) is 0.0760. The van der Waals surface area contributed by atoms with E-state index >= 15 is 0 Å². The first kappa shape index (κ1) is 43.5. The normalized spacial score (nSPS) is 14.4. The zero-order valence-electron chi connectivity index (χ0n) is 37.6. The van der Waals surface area contributed by atoms with Crippen molar-refractivity contribution in [2.24, 2.45) is 5.92 Å². The molecule has 342 valence electrons. The molecule has 0 spiro atoms. The number of pyridine rings is 2. The highest BCUT2D eigenvalue weighted by atomic mass is 16.2. The molecule has 0 saturated carbocycles. The van der Waals surface area contributed by atoms with Gasteiger partial charge in [-0.15, -0.1) is 0 Å². The number of hydrogen-bond donors (Lipinski definition) is 5. The van der Waals surface area contributed by atoms with Crippen molar-refractivity contribution < 1.29 is 14.4 Å². The number of rotatable bonds is 16. The van der Waals surface area contributed by atoms with Gasteiger partial charge in [-0.2, -0.15) is 29.7 Å². The van der Waals surface area contributed by atoms with Gasteiger partial charge in [0.1, 0.15) is 11.3 Å². The average Bonchev–Trinajstić information content (AvgIpc) is 4.20. The molecular weight excluding hydrogens is 859 g/mol. The number of hydrogen-bond acceptors (Lipinski definition) is 11. The van der Waals surface area contributed by atoms with Gasteiger partial charge in [0.2, 0.25) is 11.8 Å². The van der Waals surface area contributed by atoms with Crippen molar-refractivity contribution in [3.05, 3.63) is 145 Å². The van der Waals surface area contributed by atoms with Gasteiger partial charge in [0.25, 0.3) is 5.91 Å². The Hall–Kier alpha value is -8.35. The van der Waals surface area contributed by atoms with Crippen LogP contribution in [0.4, 0.5) is 5.69 Å². The van der Waals surface area contributed by atoms with E-state index in [0.717, 1.165) is 92.7 Å². The maximum Gasteiger partial charge on any atom is 0.251 e. The Morgan fingerprint density at radius 3 is 2.35 bits per heavy atom. The molecule has 9 heterocycles. The number of benzene rings is 1. The van der Waals surface area contributed by atoms with Crippen molar-refractivity contribution in [3.8, 4) is 22.3 Å². The van der Waals surface area contributed by atoms with Crippen molar-refractivity contribution in [2.45, 2.75) is 19.4 Å². The van der Waals surface area contributed by atoms with Gasteiger partial charge in [-0.1, -0.05) is 12.1 Å². The van der Waals surface area contributed by atoms with E-state index in [0.29, 0.717) is 48.9 Å². The van der Waals surface area contributed by atoms with Gasteiger partial charge in [-0.05, 0) is 105 Å². The second-order valence-corrected chi connectivity index (χ2v) is 17.2. The average molecular weight is 908 g/mol. The predicted octanol–water partition coefficient (Wildman–Crippen LogP) is 5.54. The van der Waals surface area contributed by atoms with Crippen molar-refractivity contribution in [2.75, 3.05) is 52.1 Å². The Labute approximate surface area is 390 Å². The molecule has 1 unspecified atom stereocenters. The van der Waals surface area contributed by atoms with Gasteiger partial charge >= 0.3 is 0 Å². The highest BCUT2D eigenvalue weighted by Gasteiger charge is 2.24. The summed E-state index contributed by atoms with van der Waals surface area (Å²) in [6.45, 7) is 4.07. The summed E-state index contributed by atoms with van der Waals surface area (Å²) in [6, 6.07) is 20.8. The fraction of sp³-hybridized carbons (Fsp3) is 0.220. The lowest BCUT2D eigenvalue weighted by Gasteiger charge is -2.15. The van der Waals surface area contributed by atoms with E-state index in [2.05, 4.69) is 62.3 Å². The van der Waals surface area contributed by atoms with E-state index in [1.807, 2.05) is 67.8 Å². The van der Waals surface area contributed by atoms with E-state index in [4.69, 9.17) is 4.98 Å². The van der Waals surface area contributed by atoms with Crippen LogP contribution in [0, 0.1) is 5.92 Å². The van der Waals surface area contributed by atoms with E-state index in [9.17, 15) is 14.4 Å². The lowest BCUT2D eigenvalue weighted by atomic mass is 9.99. The van der Waals surface area contributed by atoms with Gasteiger partial charge in [-0.25, -0.2) is 9.97 Å². The molecule has 1 aliphatic heterocycles. The summed E-state index contributed by atoms with van der Waals surface area (Å²) in [4.78, 5) is 59.6. The summed E-state index contributed by atoms with van der Waals surface area (Å²) < 4.78 is 3.21. The smallest absolute Gasteiger partial charge is 0.251 e. The van der Waals surface area contributed by atoms with Gasteiger partial charge < -0.3 is 30.8 Å². The zero-order valence-corrected chi connectivity index (χ0v) is 37.6. The predicted molar refractivity (Wildman–Crippen MR) is 260 cm³/mol. The molecule has 8 aromatic heterocycles. The number of amides is 3. The highest BCUT2D eigenvalue weighted by molar-refractivity contribution is 6.04. The first-order chi connectivity index (χ1) is 33.2. The number of anilines is 1. The minimum absolute atomic E-state index is 0.191. The van der Waals surface area contributed by atoms with E-state index < -0.39 is 0 Å². The molecule has 5 N–H and O–H groups in total. The molecular formula is C50H49N15O3. The highest BCUT2D eigenvalue weighted by Crippen LogP contribution is 2.35. The molecule has 10 rings (SSSR count). The molecule has 1 fully saturated rings. The number of likely N-dealkylation sites (N-methyl/N-ethyl adjacent to an activating group) is 1. The third kappa shape index (κ3) is 9.49. The first-order valence-electron chi connectivity index (χ1n) is 22.5. The van der Waals surface area contributed by atoms with Crippen molar-refractivity contribution in [1.82, 2.24) is 70.0 Å². The second kappa shape index (κ2) is 19.2. The number of nitrogens with zero attached hydrogens (tertiary/aromatic N) is 10. The molecule has 0 bridgehead atoms. The molecule has 18 nitrogen and oxygen atoms in total. The van der Waals surface area contributed by atoms with Crippen LogP contribution in [0.2, 0.25) is 0 Å². The number of aromatic amines is 2.